The minimum absolute atomic E-state index is 0.00261. The number of aliphatic carboxylic acids is 1. The summed E-state index contributed by atoms with van der Waals surface area (Å²) in [5, 5.41) is 21.2. The first kappa shape index (κ1) is 33.3. The second kappa shape index (κ2) is 17.6. The molecule has 4 rings (SSSR count). The molecule has 0 saturated carbocycles. The molecule has 9 heteroatoms. The second-order valence-corrected chi connectivity index (χ2v) is 11.5. The number of nitrogens with one attached hydrogen (secondary N) is 1. The number of amides is 1. The monoisotopic (exact) mass is 603 g/mol. The average Bonchev–Trinajstić information content (AvgIpc) is 3.05. The molecule has 236 valence electrons. The van der Waals surface area contributed by atoms with Gasteiger partial charge in [0.05, 0.1) is 18.8 Å². The number of carboxylic acid groups (broad SMARTS) is 1. The number of unbranched alkanes of at least 4 members (excludes halogenated alkanes) is 3. The Hall–Kier alpha value is -3.63. The van der Waals surface area contributed by atoms with E-state index >= 15 is 0 Å². The second-order valence-electron chi connectivity index (χ2n) is 11.5. The molecule has 3 aromatic rings. The van der Waals surface area contributed by atoms with E-state index in [9.17, 15) is 14.7 Å². The molecule has 1 amide bonds. The summed E-state index contributed by atoms with van der Waals surface area (Å²) in [4.78, 5) is 29.6. The fourth-order valence-corrected chi connectivity index (χ4v) is 5.32. The van der Waals surface area contributed by atoms with E-state index in [2.05, 4.69) is 22.2 Å². The number of benzene rings is 2. The molecule has 1 aromatic heterocycles. The molecule has 1 fully saturated rings. The minimum Gasteiger partial charge on any atom is -0.481 e. The first-order chi connectivity index (χ1) is 21.4. The first-order valence-corrected chi connectivity index (χ1v) is 15.6. The van der Waals surface area contributed by atoms with Crippen molar-refractivity contribution >= 4 is 11.9 Å². The van der Waals surface area contributed by atoms with E-state index in [1.54, 1.807) is 0 Å². The van der Waals surface area contributed by atoms with Gasteiger partial charge < -0.3 is 29.9 Å². The Balaban J connectivity index is 1.32. The van der Waals surface area contributed by atoms with E-state index in [1.807, 2.05) is 72.9 Å². The third-order valence-electron chi connectivity index (χ3n) is 7.89. The lowest BCUT2D eigenvalue weighted by atomic mass is 9.99. The van der Waals surface area contributed by atoms with E-state index < -0.39 is 12.3 Å². The van der Waals surface area contributed by atoms with Gasteiger partial charge in [0.1, 0.15) is 0 Å². The molecule has 3 N–H and O–H groups in total. The number of hydrogen-bond acceptors (Lipinski definition) is 7. The van der Waals surface area contributed by atoms with Crippen molar-refractivity contribution in [2.24, 2.45) is 0 Å². The summed E-state index contributed by atoms with van der Waals surface area (Å²) in [5.74, 6) is -0.778. The highest BCUT2D eigenvalue weighted by Crippen LogP contribution is 2.38. The van der Waals surface area contributed by atoms with Gasteiger partial charge in [-0.25, -0.2) is 0 Å². The first-order valence-electron chi connectivity index (χ1n) is 15.6. The lowest BCUT2D eigenvalue weighted by molar-refractivity contribution is -0.252. The van der Waals surface area contributed by atoms with E-state index in [1.165, 1.54) is 0 Å². The van der Waals surface area contributed by atoms with Crippen LogP contribution < -0.4 is 5.32 Å². The van der Waals surface area contributed by atoms with Crippen LogP contribution in [-0.4, -0.2) is 58.2 Å². The van der Waals surface area contributed by atoms with Crippen LogP contribution >= 0.6 is 0 Å². The Morgan fingerprint density at radius 1 is 0.909 bits per heavy atom. The molecule has 1 aliphatic heterocycles. The molecule has 0 bridgehead atoms. The van der Waals surface area contributed by atoms with Gasteiger partial charge in [0.2, 0.25) is 5.91 Å². The van der Waals surface area contributed by atoms with E-state index in [-0.39, 0.29) is 31.1 Å². The molecule has 2 heterocycles. The number of carbonyl (C=O) groups is 2. The number of aliphatic hydroxyl groups is 1. The van der Waals surface area contributed by atoms with Crippen LogP contribution in [0.5, 0.6) is 0 Å². The van der Waals surface area contributed by atoms with Crippen molar-refractivity contribution in [1.82, 2.24) is 15.2 Å². The summed E-state index contributed by atoms with van der Waals surface area (Å²) in [6.45, 7) is 2.06. The van der Waals surface area contributed by atoms with Crippen LogP contribution in [0.3, 0.4) is 0 Å². The van der Waals surface area contributed by atoms with Gasteiger partial charge in [0.25, 0.3) is 0 Å². The summed E-state index contributed by atoms with van der Waals surface area (Å²) in [7, 11) is 2.10. The number of likely N-dealkylation sites (N-methyl/N-ethyl adjacent to an activating group) is 1. The number of pyridine rings is 1. The summed E-state index contributed by atoms with van der Waals surface area (Å²) in [6.07, 6.45) is 6.36. The van der Waals surface area contributed by atoms with E-state index in [4.69, 9.17) is 14.6 Å². The lowest BCUT2D eigenvalue weighted by Crippen LogP contribution is -2.38. The molecule has 1 saturated heterocycles. The van der Waals surface area contributed by atoms with Crippen LogP contribution in [0.4, 0.5) is 0 Å². The number of hydrogen-bond donors (Lipinski definition) is 3. The van der Waals surface area contributed by atoms with Gasteiger partial charge in [-0.15, -0.1) is 0 Å². The summed E-state index contributed by atoms with van der Waals surface area (Å²) in [5.41, 5.74) is 4.89. The van der Waals surface area contributed by atoms with Crippen LogP contribution in [-0.2, 0) is 38.6 Å². The zero-order chi connectivity index (χ0) is 31.1. The normalized spacial score (nSPS) is 18.3. The van der Waals surface area contributed by atoms with Crippen molar-refractivity contribution in [3.63, 3.8) is 0 Å². The quantitative estimate of drug-likeness (QED) is 0.177. The molecule has 0 unspecified atom stereocenters. The number of nitrogens with zero attached hydrogens (tertiary/aromatic N) is 2. The van der Waals surface area contributed by atoms with E-state index in [0.717, 1.165) is 66.7 Å². The van der Waals surface area contributed by atoms with Gasteiger partial charge in [-0.3, -0.25) is 14.6 Å². The number of carbonyl (C=O) groups excluding carboxylic acids is 1. The highest BCUT2D eigenvalue weighted by Gasteiger charge is 2.32. The predicted molar refractivity (Wildman–Crippen MR) is 167 cm³/mol. The van der Waals surface area contributed by atoms with E-state index in [0.29, 0.717) is 25.8 Å². The Bertz CT molecular complexity index is 1290. The van der Waals surface area contributed by atoms with Gasteiger partial charge in [-0.2, -0.15) is 0 Å². The molecule has 0 spiro atoms. The van der Waals surface area contributed by atoms with Gasteiger partial charge in [-0.05, 0) is 48.7 Å². The molecule has 2 aromatic carbocycles. The number of aliphatic hydroxyl groups excluding tert-OH is 1. The third kappa shape index (κ3) is 11.1. The highest BCUT2D eigenvalue weighted by atomic mass is 16.7. The lowest BCUT2D eigenvalue weighted by Gasteiger charge is -2.38. The van der Waals surface area contributed by atoms with Gasteiger partial charge in [0.15, 0.2) is 6.29 Å². The maximum atomic E-state index is 12.3. The molecular weight excluding hydrogens is 558 g/mol. The van der Waals surface area contributed by atoms with Crippen molar-refractivity contribution in [2.45, 2.75) is 83.0 Å². The maximum Gasteiger partial charge on any atom is 0.303 e. The van der Waals surface area contributed by atoms with Crippen LogP contribution in [0.25, 0.3) is 0 Å². The summed E-state index contributed by atoms with van der Waals surface area (Å²) < 4.78 is 13.0. The average molecular weight is 604 g/mol. The Labute approximate surface area is 260 Å². The fourth-order valence-electron chi connectivity index (χ4n) is 5.32. The number of aromatic nitrogens is 1. The van der Waals surface area contributed by atoms with Crippen molar-refractivity contribution in [3.8, 4) is 0 Å². The molecule has 9 nitrogen and oxygen atoms in total. The smallest absolute Gasteiger partial charge is 0.303 e. The standard InChI is InChI=1S/C35H45N3O6/c1-38(21-19-30-8-6-7-20-36-30)24-31-22-32(28-15-13-27(25-39)14-16-28)44-35(43-31)29-17-11-26(12-18-29)23-37-33(40)9-4-2-3-5-10-34(41)42/h6-8,11-18,20,31-32,35,39H,2-5,9-10,19,21-25H2,1H3,(H,37,40)(H,41,42)/t31-,32+,35+/m0/s1. The summed E-state index contributed by atoms with van der Waals surface area (Å²) >= 11 is 0. The number of rotatable bonds is 17. The SMILES string of the molecule is CN(CCc1ccccn1)C[C@@H]1C[C@H](c2ccc(CO)cc2)O[C@H](c2ccc(CNC(=O)CCCCCCC(=O)O)cc2)O1. The highest BCUT2D eigenvalue weighted by molar-refractivity contribution is 5.75. The molecule has 0 aliphatic carbocycles. The molecular formula is C35H45N3O6. The Kier molecular flexibility index (Phi) is 13.3. The molecule has 0 radical (unpaired) electrons. The van der Waals surface area contributed by atoms with Crippen LogP contribution in [0.1, 0.15) is 85.3 Å². The maximum absolute atomic E-state index is 12.3. The van der Waals surface area contributed by atoms with Crippen molar-refractivity contribution in [1.29, 1.82) is 0 Å². The molecule has 44 heavy (non-hydrogen) atoms. The molecule has 3 atom stereocenters. The molecule has 1 aliphatic rings. The zero-order valence-electron chi connectivity index (χ0n) is 25.6. The van der Waals surface area contributed by atoms with Crippen molar-refractivity contribution in [3.05, 3.63) is 101 Å². The minimum atomic E-state index is -0.774. The predicted octanol–water partition coefficient (Wildman–Crippen LogP) is 5.34. The van der Waals surface area contributed by atoms with Crippen LogP contribution in [0.15, 0.2) is 72.9 Å². The third-order valence-corrected chi connectivity index (χ3v) is 7.89. The van der Waals surface area contributed by atoms with Crippen LogP contribution in [0, 0.1) is 0 Å². The van der Waals surface area contributed by atoms with Gasteiger partial charge in [0, 0.05) is 62.8 Å². The number of carboxylic acids is 1. The van der Waals surface area contributed by atoms with Gasteiger partial charge >= 0.3 is 5.97 Å². The fraction of sp³-hybridized carbons (Fsp3) is 0.457. The Morgan fingerprint density at radius 2 is 1.61 bits per heavy atom. The summed E-state index contributed by atoms with van der Waals surface area (Å²) in [6, 6.07) is 21.8. The van der Waals surface area contributed by atoms with Crippen molar-refractivity contribution < 1.29 is 29.3 Å². The Morgan fingerprint density at radius 3 is 2.30 bits per heavy atom. The number of ether oxygens (including phenoxy) is 2. The topological polar surface area (TPSA) is 121 Å². The van der Waals surface area contributed by atoms with Crippen molar-refractivity contribution in [2.75, 3.05) is 20.1 Å². The van der Waals surface area contributed by atoms with Gasteiger partial charge in [-0.1, -0.05) is 67.4 Å². The zero-order valence-corrected chi connectivity index (χ0v) is 25.6. The largest absolute Gasteiger partial charge is 0.481 e. The van der Waals surface area contributed by atoms with Crippen LogP contribution in [0.2, 0.25) is 0 Å².